The minimum atomic E-state index is 0.388. The Bertz CT molecular complexity index is 271. The average Bonchev–Trinajstić information content (AvgIpc) is 2.30. The lowest BCUT2D eigenvalue weighted by molar-refractivity contribution is 0.990. The van der Waals surface area contributed by atoms with E-state index in [1.807, 2.05) is 6.07 Å². The number of nitrogens with two attached hydrogens (primary N) is 1. The first-order valence-corrected chi connectivity index (χ1v) is 3.23. The molecule has 1 rings (SSSR count). The number of alkyl halides is 1. The Kier molecular flexibility index (Phi) is 1.83. The van der Waals surface area contributed by atoms with Crippen LogP contribution in [0.5, 0.6) is 0 Å². The van der Waals surface area contributed by atoms with Crippen molar-refractivity contribution in [3.05, 3.63) is 23.5 Å². The van der Waals surface area contributed by atoms with Crippen LogP contribution in [0.1, 0.15) is 11.3 Å². The molecule has 52 valence electrons. The maximum atomic E-state index is 8.43. The van der Waals surface area contributed by atoms with Gasteiger partial charge in [0.1, 0.15) is 11.8 Å². The predicted octanol–water partition coefficient (Wildman–Crippen LogP) is 0.812. The van der Waals surface area contributed by atoms with Gasteiger partial charge in [0.25, 0.3) is 0 Å². The molecule has 4 heteroatoms. The first-order chi connectivity index (χ1) is 4.77. The third-order valence-corrected chi connectivity index (χ3v) is 1.48. The van der Waals surface area contributed by atoms with Gasteiger partial charge in [-0.05, 0) is 11.6 Å². The average molecular weight is 156 g/mol. The zero-order chi connectivity index (χ0) is 7.56. The highest BCUT2D eigenvalue weighted by Crippen LogP contribution is 2.06. The van der Waals surface area contributed by atoms with Gasteiger partial charge in [-0.3, -0.25) is 4.68 Å². The van der Waals surface area contributed by atoms with Crippen molar-refractivity contribution in [3.63, 3.8) is 0 Å². The van der Waals surface area contributed by atoms with Crippen molar-refractivity contribution in [2.75, 3.05) is 5.84 Å². The molecule has 0 aliphatic carbocycles. The van der Waals surface area contributed by atoms with E-state index in [9.17, 15) is 0 Å². The highest BCUT2D eigenvalue weighted by Gasteiger charge is 1.99. The van der Waals surface area contributed by atoms with Crippen LogP contribution in [0, 0.1) is 11.3 Å². The van der Waals surface area contributed by atoms with Crippen LogP contribution in [0.2, 0.25) is 0 Å². The number of nitrogen functional groups attached to an aromatic ring is 1. The molecule has 0 spiro atoms. The predicted molar refractivity (Wildman–Crippen MR) is 38.9 cm³/mol. The smallest absolute Gasteiger partial charge is 0.139 e. The van der Waals surface area contributed by atoms with E-state index in [4.69, 9.17) is 22.7 Å². The highest BCUT2D eigenvalue weighted by atomic mass is 35.5. The van der Waals surface area contributed by atoms with Gasteiger partial charge in [-0.15, -0.1) is 11.6 Å². The maximum absolute atomic E-state index is 8.43. The molecule has 1 aromatic heterocycles. The summed E-state index contributed by atoms with van der Waals surface area (Å²) in [5.41, 5.74) is 1.29. The lowest BCUT2D eigenvalue weighted by Gasteiger charge is -1.88. The lowest BCUT2D eigenvalue weighted by Crippen LogP contribution is -2.07. The molecule has 1 aromatic rings. The molecular formula is C6H6ClN3. The second-order valence-electron chi connectivity index (χ2n) is 1.89. The van der Waals surface area contributed by atoms with Crippen molar-refractivity contribution in [3.8, 4) is 6.07 Å². The highest BCUT2D eigenvalue weighted by molar-refractivity contribution is 6.17. The molecule has 0 saturated heterocycles. The number of nitrogens with zero attached hydrogens (tertiary/aromatic N) is 2. The summed E-state index contributed by atoms with van der Waals surface area (Å²) >= 11 is 5.49. The van der Waals surface area contributed by atoms with E-state index in [-0.39, 0.29) is 0 Å². The SMILES string of the molecule is N#Cc1cc(CCl)cn1N. The summed E-state index contributed by atoms with van der Waals surface area (Å²) in [6.45, 7) is 0. The van der Waals surface area contributed by atoms with Gasteiger partial charge in [0.15, 0.2) is 0 Å². The van der Waals surface area contributed by atoms with Crippen molar-refractivity contribution in [2.45, 2.75) is 5.88 Å². The quantitative estimate of drug-likeness (QED) is 0.482. The van der Waals surface area contributed by atoms with Gasteiger partial charge >= 0.3 is 0 Å². The van der Waals surface area contributed by atoms with Gasteiger partial charge in [-0.25, -0.2) is 0 Å². The second kappa shape index (κ2) is 2.63. The van der Waals surface area contributed by atoms with Gasteiger partial charge in [-0.2, -0.15) is 5.26 Å². The van der Waals surface area contributed by atoms with E-state index in [2.05, 4.69) is 0 Å². The minimum absolute atomic E-state index is 0.388. The van der Waals surface area contributed by atoms with Crippen LogP contribution in [-0.4, -0.2) is 4.68 Å². The summed E-state index contributed by atoms with van der Waals surface area (Å²) in [5, 5.41) is 8.43. The van der Waals surface area contributed by atoms with Crippen LogP contribution in [-0.2, 0) is 5.88 Å². The Morgan fingerprint density at radius 1 is 1.80 bits per heavy atom. The summed E-state index contributed by atoms with van der Waals surface area (Å²) < 4.78 is 1.26. The molecule has 0 radical (unpaired) electrons. The molecule has 0 unspecified atom stereocenters. The number of hydrogen-bond acceptors (Lipinski definition) is 2. The van der Waals surface area contributed by atoms with E-state index in [0.29, 0.717) is 11.6 Å². The van der Waals surface area contributed by atoms with Gasteiger partial charge in [-0.1, -0.05) is 0 Å². The van der Waals surface area contributed by atoms with Crippen molar-refractivity contribution in [2.24, 2.45) is 0 Å². The zero-order valence-corrected chi connectivity index (χ0v) is 5.97. The summed E-state index contributed by atoms with van der Waals surface area (Å²) in [4.78, 5) is 0. The van der Waals surface area contributed by atoms with Crippen LogP contribution < -0.4 is 5.84 Å². The van der Waals surface area contributed by atoms with Gasteiger partial charge in [0.05, 0.1) is 0 Å². The number of halogens is 1. The Morgan fingerprint density at radius 3 is 2.80 bits per heavy atom. The number of nitriles is 1. The fraction of sp³-hybridized carbons (Fsp3) is 0.167. The molecule has 0 bridgehead atoms. The topological polar surface area (TPSA) is 54.7 Å². The fourth-order valence-electron chi connectivity index (χ4n) is 0.699. The van der Waals surface area contributed by atoms with E-state index in [1.165, 1.54) is 4.68 Å². The monoisotopic (exact) mass is 155 g/mol. The van der Waals surface area contributed by atoms with E-state index >= 15 is 0 Å². The van der Waals surface area contributed by atoms with Crippen LogP contribution >= 0.6 is 11.6 Å². The van der Waals surface area contributed by atoms with Crippen LogP contribution in [0.15, 0.2) is 12.3 Å². The van der Waals surface area contributed by atoms with E-state index in [1.54, 1.807) is 12.3 Å². The molecule has 0 atom stereocenters. The zero-order valence-electron chi connectivity index (χ0n) is 5.21. The first-order valence-electron chi connectivity index (χ1n) is 2.70. The van der Waals surface area contributed by atoms with Gasteiger partial charge in [0.2, 0.25) is 0 Å². The first kappa shape index (κ1) is 6.97. The summed E-state index contributed by atoms with van der Waals surface area (Å²) in [6.07, 6.45) is 1.63. The normalized spacial score (nSPS) is 9.20. The van der Waals surface area contributed by atoms with Crippen molar-refractivity contribution in [1.82, 2.24) is 4.68 Å². The third-order valence-electron chi connectivity index (χ3n) is 1.17. The van der Waals surface area contributed by atoms with Crippen LogP contribution in [0.25, 0.3) is 0 Å². The third kappa shape index (κ3) is 1.07. The Hall–Kier alpha value is -1.14. The molecule has 10 heavy (non-hydrogen) atoms. The number of rotatable bonds is 1. The fourth-order valence-corrected chi connectivity index (χ4v) is 0.845. The molecule has 2 N–H and O–H groups in total. The van der Waals surface area contributed by atoms with Gasteiger partial charge in [0, 0.05) is 12.1 Å². The number of hydrogen-bond donors (Lipinski definition) is 1. The molecule has 0 aromatic carbocycles. The van der Waals surface area contributed by atoms with Crippen molar-refractivity contribution in [1.29, 1.82) is 5.26 Å². The van der Waals surface area contributed by atoms with E-state index < -0.39 is 0 Å². The molecule has 3 nitrogen and oxygen atoms in total. The van der Waals surface area contributed by atoms with E-state index in [0.717, 1.165) is 5.56 Å². The lowest BCUT2D eigenvalue weighted by atomic mass is 10.3. The standard InChI is InChI=1S/C6H6ClN3/c7-2-5-1-6(3-8)10(9)4-5/h1,4H,2,9H2. The second-order valence-corrected chi connectivity index (χ2v) is 2.15. The Balaban J connectivity index is 3.07. The molecule has 0 aliphatic rings. The molecular weight excluding hydrogens is 150 g/mol. The van der Waals surface area contributed by atoms with Crippen molar-refractivity contribution >= 4 is 11.6 Å². The molecule has 0 aliphatic heterocycles. The van der Waals surface area contributed by atoms with Crippen molar-refractivity contribution < 1.29 is 0 Å². The van der Waals surface area contributed by atoms with Gasteiger partial charge < -0.3 is 5.84 Å². The molecule has 1 heterocycles. The Morgan fingerprint density at radius 2 is 2.50 bits per heavy atom. The van der Waals surface area contributed by atoms with Crippen LogP contribution in [0.3, 0.4) is 0 Å². The minimum Gasteiger partial charge on any atom is -0.338 e. The molecule has 0 amide bonds. The maximum Gasteiger partial charge on any atom is 0.139 e. The Labute approximate surface area is 63.6 Å². The molecule has 0 fully saturated rings. The summed E-state index contributed by atoms with van der Waals surface area (Å²) in [5.74, 6) is 5.75. The largest absolute Gasteiger partial charge is 0.338 e. The van der Waals surface area contributed by atoms with Crippen LogP contribution in [0.4, 0.5) is 0 Å². The summed E-state index contributed by atoms with van der Waals surface area (Å²) in [6, 6.07) is 3.59. The number of aromatic nitrogens is 1. The summed E-state index contributed by atoms with van der Waals surface area (Å²) in [7, 11) is 0. The molecule has 0 saturated carbocycles.